The van der Waals surface area contributed by atoms with Crippen LogP contribution in [0.15, 0.2) is 0 Å². The summed E-state index contributed by atoms with van der Waals surface area (Å²) in [4.78, 5) is 24.1. The molecule has 0 aromatic rings. The molecule has 2 unspecified atom stereocenters. The smallest absolute Gasteiger partial charge is 0.306 e. The molecular weight excluding hydrogens is 308 g/mol. The number of esters is 1. The van der Waals surface area contributed by atoms with Crippen LogP contribution in [0.5, 0.6) is 0 Å². The Morgan fingerprint density at radius 3 is 1.96 bits per heavy atom. The summed E-state index contributed by atoms with van der Waals surface area (Å²) in [6.45, 7) is 12.3. The molecule has 0 saturated carbocycles. The zero-order valence-electron chi connectivity index (χ0n) is 16.2. The third kappa shape index (κ3) is 9.35. The normalized spacial score (nSPS) is 15.0. The van der Waals surface area contributed by atoms with Crippen molar-refractivity contribution in [2.45, 2.75) is 72.0 Å². The lowest BCUT2D eigenvalue weighted by molar-refractivity contribution is -0.161. The Hall–Kier alpha value is -0.980. The molecule has 0 spiro atoms. The summed E-state index contributed by atoms with van der Waals surface area (Å²) < 4.78 is 11.2. The maximum Gasteiger partial charge on any atom is 0.306 e. The average molecular weight is 344 g/mol. The van der Waals surface area contributed by atoms with Gasteiger partial charge < -0.3 is 20.9 Å². The predicted molar refractivity (Wildman–Crippen MR) is 95.5 cm³/mol. The Bertz CT molecular complexity index is 408. The summed E-state index contributed by atoms with van der Waals surface area (Å²) in [6.07, 6.45) is 1.22. The van der Waals surface area contributed by atoms with Crippen LogP contribution < -0.4 is 11.5 Å². The van der Waals surface area contributed by atoms with Crippen molar-refractivity contribution in [3.8, 4) is 0 Å². The number of nitrogens with two attached hydrogens (primary N) is 2. The van der Waals surface area contributed by atoms with Gasteiger partial charge in [-0.3, -0.25) is 9.59 Å². The highest BCUT2D eigenvalue weighted by Gasteiger charge is 2.31. The molecule has 0 aromatic heterocycles. The number of carbonyl (C=O) groups is 2. The van der Waals surface area contributed by atoms with Gasteiger partial charge in [-0.1, -0.05) is 13.8 Å². The van der Waals surface area contributed by atoms with E-state index in [4.69, 9.17) is 20.9 Å². The Balaban J connectivity index is 4.35. The first-order chi connectivity index (χ1) is 10.9. The van der Waals surface area contributed by atoms with E-state index in [9.17, 15) is 9.59 Å². The zero-order chi connectivity index (χ0) is 19.0. The number of rotatable bonds is 12. The first-order valence-electron chi connectivity index (χ1n) is 8.72. The maximum atomic E-state index is 12.2. The highest BCUT2D eigenvalue weighted by atomic mass is 16.6. The molecule has 142 valence electrons. The lowest BCUT2D eigenvalue weighted by atomic mass is 9.94. The molecule has 6 nitrogen and oxygen atoms in total. The molecule has 6 heteroatoms. The molecular formula is C18H36N2O4. The van der Waals surface area contributed by atoms with Gasteiger partial charge in [-0.05, 0) is 52.6 Å². The van der Waals surface area contributed by atoms with Crippen molar-refractivity contribution >= 4 is 11.8 Å². The lowest BCUT2D eigenvalue weighted by Crippen LogP contribution is -2.39. The fourth-order valence-electron chi connectivity index (χ4n) is 2.05. The molecule has 0 amide bonds. The molecule has 0 bridgehead atoms. The summed E-state index contributed by atoms with van der Waals surface area (Å²) in [6, 6.07) is 0. The van der Waals surface area contributed by atoms with E-state index in [0.717, 1.165) is 0 Å². The van der Waals surface area contributed by atoms with E-state index in [1.54, 1.807) is 13.8 Å². The van der Waals surface area contributed by atoms with Crippen molar-refractivity contribution in [1.82, 2.24) is 0 Å². The minimum absolute atomic E-state index is 0.0343. The van der Waals surface area contributed by atoms with Crippen LogP contribution in [-0.4, -0.2) is 42.7 Å². The van der Waals surface area contributed by atoms with Gasteiger partial charge in [0.25, 0.3) is 0 Å². The second kappa shape index (κ2) is 10.1. The average Bonchev–Trinajstić information content (AvgIpc) is 2.45. The molecule has 0 fully saturated rings. The number of hydrogen-bond donors (Lipinski definition) is 2. The highest BCUT2D eigenvalue weighted by molar-refractivity contribution is 5.86. The maximum absolute atomic E-state index is 12.2. The Morgan fingerprint density at radius 2 is 1.46 bits per heavy atom. The quantitative estimate of drug-likeness (QED) is 0.525. The summed E-state index contributed by atoms with van der Waals surface area (Å²) in [5.41, 5.74) is 9.57. The van der Waals surface area contributed by atoms with Crippen molar-refractivity contribution in [3.63, 3.8) is 0 Å². The number of hydrogen-bond acceptors (Lipinski definition) is 6. The molecule has 0 aliphatic carbocycles. The van der Waals surface area contributed by atoms with Crippen LogP contribution in [0.2, 0.25) is 0 Å². The SMILES string of the molecule is CC(CN)CC(=O)OC(C)(C)CCOC(C)(C)C(=O)CC(C)CN. The van der Waals surface area contributed by atoms with Crippen LogP contribution >= 0.6 is 0 Å². The summed E-state index contributed by atoms with van der Waals surface area (Å²) in [5.74, 6) is 0.0185. The minimum atomic E-state index is -0.864. The van der Waals surface area contributed by atoms with Crippen LogP contribution in [0.4, 0.5) is 0 Å². The number of ether oxygens (including phenoxy) is 2. The summed E-state index contributed by atoms with van der Waals surface area (Å²) >= 11 is 0. The van der Waals surface area contributed by atoms with Crippen LogP contribution in [0, 0.1) is 11.8 Å². The molecule has 0 radical (unpaired) electrons. The molecule has 0 saturated heterocycles. The van der Waals surface area contributed by atoms with E-state index in [1.807, 2.05) is 27.7 Å². The number of carbonyl (C=O) groups excluding carboxylic acids is 2. The Morgan fingerprint density at radius 1 is 0.958 bits per heavy atom. The minimum Gasteiger partial charge on any atom is -0.460 e. The van der Waals surface area contributed by atoms with E-state index in [0.29, 0.717) is 39.0 Å². The summed E-state index contributed by atoms with van der Waals surface area (Å²) in [7, 11) is 0. The zero-order valence-corrected chi connectivity index (χ0v) is 16.2. The highest BCUT2D eigenvalue weighted by Crippen LogP contribution is 2.21. The van der Waals surface area contributed by atoms with Crippen molar-refractivity contribution in [2.24, 2.45) is 23.3 Å². The van der Waals surface area contributed by atoms with Gasteiger partial charge >= 0.3 is 5.97 Å². The molecule has 0 aromatic carbocycles. The second-order valence-corrected chi connectivity index (χ2v) is 7.86. The van der Waals surface area contributed by atoms with Gasteiger partial charge in [-0.15, -0.1) is 0 Å². The van der Waals surface area contributed by atoms with E-state index < -0.39 is 11.2 Å². The predicted octanol–water partition coefficient (Wildman–Crippen LogP) is 2.03. The fraction of sp³-hybridized carbons (Fsp3) is 0.889. The lowest BCUT2D eigenvalue weighted by Gasteiger charge is -2.29. The molecule has 2 atom stereocenters. The molecule has 24 heavy (non-hydrogen) atoms. The Labute approximate surface area is 146 Å². The van der Waals surface area contributed by atoms with E-state index in [1.165, 1.54) is 0 Å². The van der Waals surface area contributed by atoms with Crippen molar-refractivity contribution in [2.75, 3.05) is 19.7 Å². The number of Topliss-reactive ketones (excluding diaryl/α,β-unsaturated/α-hetero) is 1. The second-order valence-electron chi connectivity index (χ2n) is 7.86. The standard InChI is InChI=1S/C18H36N2O4/c1-13(11-19)9-15(21)18(5,6)23-8-7-17(3,4)24-16(22)10-14(2)12-20/h13-14H,7-12,19-20H2,1-6H3. The molecule has 4 N–H and O–H groups in total. The molecule has 0 rings (SSSR count). The molecule has 0 aliphatic rings. The number of ketones is 1. The van der Waals surface area contributed by atoms with Crippen LogP contribution in [0.25, 0.3) is 0 Å². The van der Waals surface area contributed by atoms with Gasteiger partial charge in [-0.2, -0.15) is 0 Å². The molecule has 0 aliphatic heterocycles. The first-order valence-corrected chi connectivity index (χ1v) is 8.72. The van der Waals surface area contributed by atoms with E-state index >= 15 is 0 Å². The summed E-state index contributed by atoms with van der Waals surface area (Å²) in [5, 5.41) is 0. The van der Waals surface area contributed by atoms with Gasteiger partial charge in [-0.25, -0.2) is 0 Å². The Kier molecular flexibility index (Phi) is 9.70. The third-order valence-electron chi connectivity index (χ3n) is 4.08. The van der Waals surface area contributed by atoms with Crippen molar-refractivity contribution in [1.29, 1.82) is 0 Å². The van der Waals surface area contributed by atoms with Gasteiger partial charge in [0.2, 0.25) is 0 Å². The van der Waals surface area contributed by atoms with E-state index in [-0.39, 0.29) is 23.6 Å². The third-order valence-corrected chi connectivity index (χ3v) is 4.08. The van der Waals surface area contributed by atoms with Gasteiger partial charge in [0, 0.05) is 19.3 Å². The monoisotopic (exact) mass is 344 g/mol. The van der Waals surface area contributed by atoms with E-state index in [2.05, 4.69) is 0 Å². The van der Waals surface area contributed by atoms with Gasteiger partial charge in [0.15, 0.2) is 5.78 Å². The van der Waals surface area contributed by atoms with Crippen LogP contribution in [0.1, 0.15) is 60.8 Å². The molecule has 0 heterocycles. The largest absolute Gasteiger partial charge is 0.460 e. The van der Waals surface area contributed by atoms with Crippen LogP contribution in [-0.2, 0) is 19.1 Å². The topological polar surface area (TPSA) is 105 Å². The van der Waals surface area contributed by atoms with Crippen molar-refractivity contribution < 1.29 is 19.1 Å². The van der Waals surface area contributed by atoms with Crippen molar-refractivity contribution in [3.05, 3.63) is 0 Å². The van der Waals surface area contributed by atoms with Crippen LogP contribution in [0.3, 0.4) is 0 Å². The fourth-order valence-corrected chi connectivity index (χ4v) is 2.05. The van der Waals surface area contributed by atoms with Gasteiger partial charge in [0.05, 0.1) is 6.61 Å². The first kappa shape index (κ1) is 23.0. The van der Waals surface area contributed by atoms with Gasteiger partial charge in [0.1, 0.15) is 11.2 Å².